The molecule has 1 amide bonds. The number of hydrogen-bond donors (Lipinski definition) is 2. The first kappa shape index (κ1) is 13.6. The van der Waals surface area contributed by atoms with Crippen molar-refractivity contribution in [1.29, 1.82) is 0 Å². The fourth-order valence-corrected chi connectivity index (χ4v) is 2.70. The average molecular weight is 261 g/mol. The van der Waals surface area contributed by atoms with Crippen LogP contribution in [0.1, 0.15) is 42.1 Å². The molecule has 0 saturated heterocycles. The summed E-state index contributed by atoms with van der Waals surface area (Å²) in [5.74, 6) is -0.698. The van der Waals surface area contributed by atoms with Crippen LogP contribution in [0.15, 0.2) is 18.2 Å². The van der Waals surface area contributed by atoms with Gasteiger partial charge in [-0.2, -0.15) is 0 Å². The van der Waals surface area contributed by atoms with Crippen molar-refractivity contribution >= 4 is 17.6 Å². The standard InChI is InChI=1S/C15H19NO3/c1-9-6-7-13(12(8-9)15(18)19)16-14(17)11-5-3-4-10(11)2/h6-8,10-11H,3-5H2,1-2H3,(H,16,17)(H,18,19). The van der Waals surface area contributed by atoms with Crippen molar-refractivity contribution in [1.82, 2.24) is 0 Å². The Hall–Kier alpha value is -1.84. The topological polar surface area (TPSA) is 66.4 Å². The van der Waals surface area contributed by atoms with Crippen molar-refractivity contribution in [3.8, 4) is 0 Å². The van der Waals surface area contributed by atoms with E-state index >= 15 is 0 Å². The lowest BCUT2D eigenvalue weighted by Gasteiger charge is -2.16. The molecule has 0 heterocycles. The smallest absolute Gasteiger partial charge is 0.337 e. The summed E-state index contributed by atoms with van der Waals surface area (Å²) >= 11 is 0. The van der Waals surface area contributed by atoms with Gasteiger partial charge in [0.1, 0.15) is 0 Å². The Balaban J connectivity index is 2.19. The van der Waals surface area contributed by atoms with Crippen LogP contribution in [-0.2, 0) is 4.79 Å². The number of amides is 1. The quantitative estimate of drug-likeness (QED) is 0.878. The molecule has 0 spiro atoms. The number of carbonyl (C=O) groups is 2. The summed E-state index contributed by atoms with van der Waals surface area (Å²) in [6.45, 7) is 3.90. The highest BCUT2D eigenvalue weighted by Gasteiger charge is 2.30. The molecule has 1 aliphatic carbocycles. The highest BCUT2D eigenvalue weighted by atomic mass is 16.4. The summed E-state index contributed by atoms with van der Waals surface area (Å²) in [4.78, 5) is 23.4. The van der Waals surface area contributed by atoms with E-state index in [1.807, 2.05) is 6.92 Å². The number of anilines is 1. The van der Waals surface area contributed by atoms with Gasteiger partial charge in [0.15, 0.2) is 0 Å². The maximum Gasteiger partial charge on any atom is 0.337 e. The minimum absolute atomic E-state index is 0.00273. The minimum Gasteiger partial charge on any atom is -0.478 e. The van der Waals surface area contributed by atoms with E-state index in [1.54, 1.807) is 18.2 Å². The van der Waals surface area contributed by atoms with E-state index in [2.05, 4.69) is 12.2 Å². The monoisotopic (exact) mass is 261 g/mol. The highest BCUT2D eigenvalue weighted by Crippen LogP contribution is 2.32. The molecule has 102 valence electrons. The third-order valence-corrected chi connectivity index (χ3v) is 3.86. The third-order valence-electron chi connectivity index (χ3n) is 3.86. The lowest BCUT2D eigenvalue weighted by atomic mass is 9.97. The predicted molar refractivity (Wildman–Crippen MR) is 73.3 cm³/mol. The Bertz CT molecular complexity index is 510. The van der Waals surface area contributed by atoms with Crippen LogP contribution in [0.5, 0.6) is 0 Å². The molecule has 2 unspecified atom stereocenters. The summed E-state index contributed by atoms with van der Waals surface area (Å²) in [5, 5.41) is 11.9. The number of rotatable bonds is 3. The molecule has 4 nitrogen and oxygen atoms in total. The molecule has 1 aliphatic rings. The average Bonchev–Trinajstić information content (AvgIpc) is 2.77. The van der Waals surface area contributed by atoms with Gasteiger partial charge in [-0.3, -0.25) is 4.79 Å². The molecule has 2 rings (SSSR count). The molecule has 2 atom stereocenters. The number of carboxylic acid groups (broad SMARTS) is 1. The number of benzene rings is 1. The van der Waals surface area contributed by atoms with Crippen LogP contribution < -0.4 is 5.32 Å². The number of nitrogens with one attached hydrogen (secondary N) is 1. The van der Waals surface area contributed by atoms with Crippen molar-refractivity contribution < 1.29 is 14.7 Å². The van der Waals surface area contributed by atoms with Crippen molar-refractivity contribution in [3.63, 3.8) is 0 Å². The number of hydrogen-bond acceptors (Lipinski definition) is 2. The molecule has 1 aromatic carbocycles. The van der Waals surface area contributed by atoms with E-state index < -0.39 is 5.97 Å². The lowest BCUT2D eigenvalue weighted by molar-refractivity contribution is -0.120. The van der Waals surface area contributed by atoms with E-state index in [9.17, 15) is 9.59 Å². The SMILES string of the molecule is Cc1ccc(NC(=O)C2CCCC2C)c(C(=O)O)c1. The first-order chi connectivity index (χ1) is 8.99. The van der Waals surface area contributed by atoms with Crippen molar-refractivity contribution in [2.24, 2.45) is 11.8 Å². The van der Waals surface area contributed by atoms with Crippen LogP contribution in [0.4, 0.5) is 5.69 Å². The second kappa shape index (κ2) is 5.43. The van der Waals surface area contributed by atoms with Crippen LogP contribution in [-0.4, -0.2) is 17.0 Å². The van der Waals surface area contributed by atoms with Gasteiger partial charge in [0.05, 0.1) is 11.3 Å². The van der Waals surface area contributed by atoms with Crippen molar-refractivity contribution in [2.45, 2.75) is 33.1 Å². The maximum absolute atomic E-state index is 12.2. The molecule has 0 aliphatic heterocycles. The number of carboxylic acids is 1. The minimum atomic E-state index is -1.02. The van der Waals surface area contributed by atoms with Crippen LogP contribution in [0.2, 0.25) is 0 Å². The van der Waals surface area contributed by atoms with Gasteiger partial charge in [-0.15, -0.1) is 0 Å². The van der Waals surface area contributed by atoms with Gasteiger partial charge < -0.3 is 10.4 Å². The molecular formula is C15H19NO3. The molecule has 1 fully saturated rings. The summed E-state index contributed by atoms with van der Waals surface area (Å²) in [5.41, 5.74) is 1.41. The van der Waals surface area contributed by atoms with Crippen LogP contribution in [0.25, 0.3) is 0 Å². The van der Waals surface area contributed by atoms with Crippen LogP contribution in [0.3, 0.4) is 0 Å². The molecule has 1 saturated carbocycles. The molecule has 4 heteroatoms. The van der Waals surface area contributed by atoms with E-state index in [-0.39, 0.29) is 17.4 Å². The fraction of sp³-hybridized carbons (Fsp3) is 0.467. The van der Waals surface area contributed by atoms with Crippen LogP contribution in [0, 0.1) is 18.8 Å². The summed E-state index contributed by atoms with van der Waals surface area (Å²) in [6.07, 6.45) is 3.03. The molecule has 1 aromatic rings. The lowest BCUT2D eigenvalue weighted by Crippen LogP contribution is -2.25. The van der Waals surface area contributed by atoms with Gasteiger partial charge in [-0.05, 0) is 37.8 Å². The van der Waals surface area contributed by atoms with Gasteiger partial charge in [0, 0.05) is 5.92 Å². The molecule has 0 aromatic heterocycles. The number of aryl methyl sites for hydroxylation is 1. The van der Waals surface area contributed by atoms with E-state index in [0.717, 1.165) is 24.8 Å². The predicted octanol–water partition coefficient (Wildman–Crippen LogP) is 3.07. The molecule has 0 bridgehead atoms. The van der Waals surface area contributed by atoms with Gasteiger partial charge in [0.25, 0.3) is 0 Å². The zero-order valence-corrected chi connectivity index (χ0v) is 11.3. The van der Waals surface area contributed by atoms with Gasteiger partial charge in [0.2, 0.25) is 5.91 Å². The van der Waals surface area contributed by atoms with E-state index in [0.29, 0.717) is 11.6 Å². The maximum atomic E-state index is 12.2. The van der Waals surface area contributed by atoms with Crippen molar-refractivity contribution in [2.75, 3.05) is 5.32 Å². The van der Waals surface area contributed by atoms with Crippen LogP contribution >= 0.6 is 0 Å². The zero-order chi connectivity index (χ0) is 14.0. The Morgan fingerprint density at radius 3 is 2.63 bits per heavy atom. The molecule has 0 radical (unpaired) electrons. The summed E-state index contributed by atoms with van der Waals surface area (Å²) < 4.78 is 0. The van der Waals surface area contributed by atoms with Gasteiger partial charge in [-0.25, -0.2) is 4.79 Å². The molecule has 19 heavy (non-hydrogen) atoms. The normalized spacial score (nSPS) is 22.2. The van der Waals surface area contributed by atoms with Gasteiger partial charge >= 0.3 is 5.97 Å². The van der Waals surface area contributed by atoms with E-state index in [4.69, 9.17) is 5.11 Å². The second-order valence-electron chi connectivity index (χ2n) is 5.36. The first-order valence-corrected chi connectivity index (χ1v) is 6.64. The van der Waals surface area contributed by atoms with E-state index in [1.165, 1.54) is 0 Å². The second-order valence-corrected chi connectivity index (χ2v) is 5.36. The summed E-state index contributed by atoms with van der Waals surface area (Å²) in [6, 6.07) is 5.05. The Kier molecular flexibility index (Phi) is 3.88. The zero-order valence-electron chi connectivity index (χ0n) is 11.3. The van der Waals surface area contributed by atoms with Crippen molar-refractivity contribution in [3.05, 3.63) is 29.3 Å². The Morgan fingerprint density at radius 1 is 1.32 bits per heavy atom. The highest BCUT2D eigenvalue weighted by molar-refractivity contribution is 6.01. The summed E-state index contributed by atoms with van der Waals surface area (Å²) in [7, 11) is 0. The number of aromatic carboxylic acids is 1. The largest absolute Gasteiger partial charge is 0.478 e. The van der Waals surface area contributed by atoms with Gasteiger partial charge in [-0.1, -0.05) is 25.0 Å². The first-order valence-electron chi connectivity index (χ1n) is 6.64. The number of carbonyl (C=O) groups excluding carboxylic acids is 1. The Labute approximate surface area is 112 Å². The molecular weight excluding hydrogens is 242 g/mol. The Morgan fingerprint density at radius 2 is 2.05 bits per heavy atom. The fourth-order valence-electron chi connectivity index (χ4n) is 2.70. The molecule has 2 N–H and O–H groups in total. The third kappa shape index (κ3) is 2.95.